The first-order valence-electron chi connectivity index (χ1n) is 5.85. The van der Waals surface area contributed by atoms with Gasteiger partial charge < -0.3 is 5.32 Å². The first-order valence-corrected chi connectivity index (χ1v) is 6.66. The molecule has 16 heavy (non-hydrogen) atoms. The average Bonchev–Trinajstić information content (AvgIpc) is 2.38. The molecule has 1 rings (SSSR count). The largest absolute Gasteiger partial charge is 0.352 e. The van der Waals surface area contributed by atoms with Gasteiger partial charge in [0.1, 0.15) is 0 Å². The third kappa shape index (κ3) is 5.27. The summed E-state index contributed by atoms with van der Waals surface area (Å²) in [5, 5.41) is 2.85. The van der Waals surface area contributed by atoms with Crippen LogP contribution < -0.4 is 5.32 Å². The zero-order valence-corrected chi connectivity index (χ0v) is 11.6. The van der Waals surface area contributed by atoms with E-state index in [-0.39, 0.29) is 5.91 Å². The molecule has 0 aromatic heterocycles. The van der Waals surface area contributed by atoms with E-state index in [1.54, 1.807) is 0 Å². The van der Waals surface area contributed by atoms with Crippen molar-refractivity contribution in [3.8, 4) is 0 Å². The standard InChI is InChI=1S/C11H16NOP.C2H6/c1-2-6-12-11(13)10-5-3-4-9(7-10)8-14;1-2/h3-5,7H,2,6,8,14H2,1H3,(H,12,13);1-2H3. The molecule has 1 amide bonds. The number of carbonyl (C=O) groups excluding carboxylic acids is 1. The van der Waals surface area contributed by atoms with Crippen LogP contribution in [-0.4, -0.2) is 12.5 Å². The first-order chi connectivity index (χ1) is 7.77. The Hall–Kier alpha value is -0.880. The number of carbonyl (C=O) groups is 1. The van der Waals surface area contributed by atoms with Crippen molar-refractivity contribution < 1.29 is 4.79 Å². The molecule has 0 saturated heterocycles. The Bertz CT molecular complexity index is 313. The molecular formula is C13H22NOP. The predicted molar refractivity (Wildman–Crippen MR) is 73.8 cm³/mol. The van der Waals surface area contributed by atoms with Gasteiger partial charge in [0.05, 0.1) is 0 Å². The summed E-state index contributed by atoms with van der Waals surface area (Å²) < 4.78 is 0. The number of rotatable bonds is 4. The number of amides is 1. The second-order valence-electron chi connectivity index (χ2n) is 3.16. The van der Waals surface area contributed by atoms with Gasteiger partial charge in [0.15, 0.2) is 0 Å². The van der Waals surface area contributed by atoms with Gasteiger partial charge in [-0.05, 0) is 30.3 Å². The van der Waals surface area contributed by atoms with Crippen LogP contribution in [0, 0.1) is 0 Å². The van der Waals surface area contributed by atoms with Gasteiger partial charge in [0.2, 0.25) is 0 Å². The number of benzene rings is 1. The van der Waals surface area contributed by atoms with E-state index in [1.807, 2.05) is 45.0 Å². The Morgan fingerprint density at radius 2 is 2.06 bits per heavy atom. The van der Waals surface area contributed by atoms with Gasteiger partial charge in [-0.25, -0.2) is 0 Å². The third-order valence-electron chi connectivity index (χ3n) is 1.96. The molecule has 3 heteroatoms. The molecule has 1 aromatic carbocycles. The highest BCUT2D eigenvalue weighted by molar-refractivity contribution is 7.15. The Morgan fingerprint density at radius 1 is 1.38 bits per heavy atom. The molecule has 0 spiro atoms. The molecule has 0 aliphatic heterocycles. The Morgan fingerprint density at radius 3 is 2.62 bits per heavy atom. The van der Waals surface area contributed by atoms with Crippen LogP contribution in [0.25, 0.3) is 0 Å². The van der Waals surface area contributed by atoms with Gasteiger partial charge in [-0.15, -0.1) is 9.24 Å². The summed E-state index contributed by atoms with van der Waals surface area (Å²) in [6.07, 6.45) is 1.85. The van der Waals surface area contributed by atoms with Crippen LogP contribution in [-0.2, 0) is 6.16 Å². The van der Waals surface area contributed by atoms with E-state index in [0.717, 1.165) is 24.7 Å². The molecule has 0 radical (unpaired) electrons. The monoisotopic (exact) mass is 239 g/mol. The number of hydrogen-bond acceptors (Lipinski definition) is 1. The van der Waals surface area contributed by atoms with E-state index >= 15 is 0 Å². The fourth-order valence-corrected chi connectivity index (χ4v) is 1.43. The molecule has 0 aliphatic carbocycles. The summed E-state index contributed by atoms with van der Waals surface area (Å²) in [6.45, 7) is 6.78. The SMILES string of the molecule is CC.CCCNC(=O)c1cccc(CP)c1. The van der Waals surface area contributed by atoms with Crippen molar-refractivity contribution in [3.05, 3.63) is 35.4 Å². The molecule has 0 fully saturated rings. The van der Waals surface area contributed by atoms with Crippen molar-refractivity contribution in [2.75, 3.05) is 6.54 Å². The molecule has 0 saturated carbocycles. The van der Waals surface area contributed by atoms with E-state index in [1.165, 1.54) is 5.56 Å². The van der Waals surface area contributed by atoms with Crippen LogP contribution in [0.4, 0.5) is 0 Å². The quantitative estimate of drug-likeness (QED) is 0.803. The first kappa shape index (κ1) is 15.1. The normalized spacial score (nSPS) is 9.00. The highest BCUT2D eigenvalue weighted by Gasteiger charge is 2.03. The minimum atomic E-state index is 0.0205. The maximum Gasteiger partial charge on any atom is 0.251 e. The molecule has 1 unspecified atom stereocenters. The van der Waals surface area contributed by atoms with Crippen LogP contribution in [0.1, 0.15) is 43.1 Å². The summed E-state index contributed by atoms with van der Waals surface area (Å²) >= 11 is 0. The lowest BCUT2D eigenvalue weighted by atomic mass is 10.1. The maximum atomic E-state index is 11.6. The van der Waals surface area contributed by atoms with Gasteiger partial charge >= 0.3 is 0 Å². The molecule has 1 atom stereocenters. The van der Waals surface area contributed by atoms with Crippen LogP contribution in [0.3, 0.4) is 0 Å². The van der Waals surface area contributed by atoms with Crippen molar-refractivity contribution in [3.63, 3.8) is 0 Å². The predicted octanol–water partition coefficient (Wildman–Crippen LogP) is 3.23. The highest BCUT2D eigenvalue weighted by Crippen LogP contribution is 2.08. The molecule has 0 aliphatic rings. The van der Waals surface area contributed by atoms with Gasteiger partial charge in [0.25, 0.3) is 5.91 Å². The van der Waals surface area contributed by atoms with Crippen LogP contribution >= 0.6 is 9.24 Å². The van der Waals surface area contributed by atoms with E-state index in [4.69, 9.17) is 0 Å². The summed E-state index contributed by atoms with van der Waals surface area (Å²) in [5.74, 6) is 0.0205. The molecule has 1 N–H and O–H groups in total. The molecule has 1 aromatic rings. The lowest BCUT2D eigenvalue weighted by Gasteiger charge is -2.04. The van der Waals surface area contributed by atoms with E-state index in [0.29, 0.717) is 0 Å². The van der Waals surface area contributed by atoms with Crippen molar-refractivity contribution in [1.82, 2.24) is 5.32 Å². The summed E-state index contributed by atoms with van der Waals surface area (Å²) in [5.41, 5.74) is 1.91. The smallest absolute Gasteiger partial charge is 0.251 e. The lowest BCUT2D eigenvalue weighted by molar-refractivity contribution is 0.0953. The average molecular weight is 239 g/mol. The summed E-state index contributed by atoms with van der Waals surface area (Å²) in [4.78, 5) is 11.6. The molecule has 0 bridgehead atoms. The zero-order valence-electron chi connectivity index (χ0n) is 10.4. The lowest BCUT2D eigenvalue weighted by Crippen LogP contribution is -2.23. The van der Waals surface area contributed by atoms with Crippen LogP contribution in [0.5, 0.6) is 0 Å². The van der Waals surface area contributed by atoms with Gasteiger partial charge in [-0.3, -0.25) is 4.79 Å². The minimum Gasteiger partial charge on any atom is -0.352 e. The van der Waals surface area contributed by atoms with Gasteiger partial charge in [-0.1, -0.05) is 32.9 Å². The van der Waals surface area contributed by atoms with Crippen molar-refractivity contribution >= 4 is 15.1 Å². The Kier molecular flexibility index (Phi) is 8.84. The van der Waals surface area contributed by atoms with Crippen molar-refractivity contribution in [1.29, 1.82) is 0 Å². The Balaban J connectivity index is 0.00000106. The van der Waals surface area contributed by atoms with Gasteiger partial charge in [-0.2, -0.15) is 0 Å². The highest BCUT2D eigenvalue weighted by atomic mass is 31.0. The van der Waals surface area contributed by atoms with Gasteiger partial charge in [0, 0.05) is 12.1 Å². The topological polar surface area (TPSA) is 29.1 Å². The van der Waals surface area contributed by atoms with Crippen molar-refractivity contribution in [2.45, 2.75) is 33.4 Å². The van der Waals surface area contributed by atoms with E-state index in [9.17, 15) is 4.79 Å². The fraction of sp³-hybridized carbons (Fsp3) is 0.462. The third-order valence-corrected chi connectivity index (χ3v) is 2.43. The van der Waals surface area contributed by atoms with E-state index in [2.05, 4.69) is 14.6 Å². The molecule has 90 valence electrons. The molecule has 0 heterocycles. The number of nitrogens with one attached hydrogen (secondary N) is 1. The second-order valence-corrected chi connectivity index (χ2v) is 3.57. The second kappa shape index (κ2) is 9.35. The summed E-state index contributed by atoms with van der Waals surface area (Å²) in [7, 11) is 2.65. The zero-order chi connectivity index (χ0) is 12.4. The van der Waals surface area contributed by atoms with Crippen LogP contribution in [0.2, 0.25) is 0 Å². The molecular weight excluding hydrogens is 217 g/mol. The fourth-order valence-electron chi connectivity index (χ4n) is 1.18. The number of hydrogen-bond donors (Lipinski definition) is 1. The molecule has 2 nitrogen and oxygen atoms in total. The van der Waals surface area contributed by atoms with Crippen molar-refractivity contribution in [2.24, 2.45) is 0 Å². The minimum absolute atomic E-state index is 0.0205. The van der Waals surface area contributed by atoms with E-state index < -0.39 is 0 Å². The Labute approximate surface area is 101 Å². The maximum absolute atomic E-state index is 11.6. The van der Waals surface area contributed by atoms with Crippen LogP contribution in [0.15, 0.2) is 24.3 Å². The summed E-state index contributed by atoms with van der Waals surface area (Å²) in [6, 6.07) is 7.71.